The van der Waals surface area contributed by atoms with Gasteiger partial charge >= 0.3 is 0 Å². The number of Topliss-reactive ketones (excluding diaryl/α,β-unsaturated/α-hetero) is 1. The molecule has 252 valence electrons. The number of piperidine rings is 3. The van der Waals surface area contributed by atoms with Crippen LogP contribution >= 0.6 is 0 Å². The Bertz CT molecular complexity index is 1680. The molecular weight excluding hydrogens is 625 g/mol. The van der Waals surface area contributed by atoms with Crippen molar-refractivity contribution < 1.29 is 26.4 Å². The highest BCUT2D eigenvalue weighted by Gasteiger charge is 2.34. The van der Waals surface area contributed by atoms with Gasteiger partial charge in [-0.05, 0) is 99.4 Å². The van der Waals surface area contributed by atoms with Crippen molar-refractivity contribution >= 4 is 48.2 Å². The monoisotopic (exact) mass is 672 g/mol. The van der Waals surface area contributed by atoms with Crippen LogP contribution in [-0.2, 0) is 31.3 Å². The Labute approximate surface area is 274 Å². The molecule has 3 fully saturated rings. The van der Waals surface area contributed by atoms with Crippen molar-refractivity contribution in [1.82, 2.24) is 13.5 Å². The van der Waals surface area contributed by atoms with Crippen LogP contribution < -0.4 is 4.90 Å². The summed E-state index contributed by atoms with van der Waals surface area (Å²) < 4.78 is 50.7. The van der Waals surface area contributed by atoms with Gasteiger partial charge in [0.05, 0.1) is 24.2 Å². The smallest absolute Gasteiger partial charge is 0.258 e. The van der Waals surface area contributed by atoms with Crippen LogP contribution in [0.3, 0.4) is 0 Å². The minimum atomic E-state index is -3.16. The summed E-state index contributed by atoms with van der Waals surface area (Å²) in [5, 5.41) is 1.91. The Morgan fingerprint density at radius 1 is 0.761 bits per heavy atom. The first-order valence-corrected chi connectivity index (χ1v) is 20.6. The van der Waals surface area contributed by atoms with Gasteiger partial charge in [-0.3, -0.25) is 14.5 Å². The fourth-order valence-corrected chi connectivity index (χ4v) is 9.88. The van der Waals surface area contributed by atoms with Crippen molar-refractivity contribution in [3.05, 3.63) is 41.5 Å². The molecule has 1 amide bonds. The number of amides is 1. The zero-order valence-electron chi connectivity index (χ0n) is 27.2. The molecule has 0 N–H and O–H groups in total. The third-order valence-electron chi connectivity index (χ3n) is 10.9. The maximum atomic E-state index is 13.9. The number of sulfonamides is 2. The first-order chi connectivity index (χ1) is 21.9. The van der Waals surface area contributed by atoms with Gasteiger partial charge in [0.1, 0.15) is 0 Å². The van der Waals surface area contributed by atoms with Crippen molar-refractivity contribution in [2.24, 2.45) is 11.8 Å². The molecular formula is C34H48N4O6S2. The van der Waals surface area contributed by atoms with Crippen molar-refractivity contribution in [2.75, 3.05) is 63.2 Å². The lowest BCUT2D eigenvalue weighted by Crippen LogP contribution is -2.46. The lowest BCUT2D eigenvalue weighted by atomic mass is 9.90. The molecule has 4 aliphatic heterocycles. The average molecular weight is 673 g/mol. The number of rotatable bonds is 11. The van der Waals surface area contributed by atoms with Gasteiger partial charge in [-0.15, -0.1) is 0 Å². The second kappa shape index (κ2) is 13.6. The van der Waals surface area contributed by atoms with E-state index in [-0.39, 0.29) is 17.7 Å². The fraction of sp³-hybridized carbons (Fsp3) is 0.647. The maximum Gasteiger partial charge on any atom is 0.258 e. The third kappa shape index (κ3) is 7.21. The van der Waals surface area contributed by atoms with E-state index >= 15 is 0 Å². The summed E-state index contributed by atoms with van der Waals surface area (Å²) in [4.78, 5) is 31.7. The molecule has 2 aromatic rings. The summed E-state index contributed by atoms with van der Waals surface area (Å²) in [6.07, 6.45) is 11.0. The molecule has 12 heteroatoms. The van der Waals surface area contributed by atoms with Crippen LogP contribution in [0.25, 0.3) is 10.8 Å². The molecule has 4 heterocycles. The number of hydrogen-bond donors (Lipinski definition) is 0. The van der Waals surface area contributed by atoms with E-state index in [1.165, 1.54) is 12.5 Å². The van der Waals surface area contributed by atoms with E-state index in [2.05, 4.69) is 4.90 Å². The van der Waals surface area contributed by atoms with Gasteiger partial charge in [0.2, 0.25) is 20.0 Å². The molecule has 0 radical (unpaired) electrons. The number of carbonyl (C=O) groups excluding carboxylic acids is 2. The highest BCUT2D eigenvalue weighted by Crippen LogP contribution is 2.40. The van der Waals surface area contributed by atoms with Crippen LogP contribution in [0.5, 0.6) is 0 Å². The van der Waals surface area contributed by atoms with Gasteiger partial charge in [0.15, 0.2) is 5.78 Å². The van der Waals surface area contributed by atoms with Crippen LogP contribution in [0.15, 0.2) is 30.3 Å². The first-order valence-electron chi connectivity index (χ1n) is 16.9. The summed E-state index contributed by atoms with van der Waals surface area (Å²) in [6, 6.07) is 9.75. The topological polar surface area (TPSA) is 115 Å². The molecule has 0 aliphatic carbocycles. The summed E-state index contributed by atoms with van der Waals surface area (Å²) >= 11 is 0. The van der Waals surface area contributed by atoms with Gasteiger partial charge in [-0.25, -0.2) is 25.4 Å². The molecule has 0 bridgehead atoms. The summed E-state index contributed by atoms with van der Waals surface area (Å²) in [7, 11) is -6.30. The van der Waals surface area contributed by atoms with E-state index < -0.39 is 20.0 Å². The Morgan fingerprint density at radius 2 is 1.37 bits per heavy atom. The van der Waals surface area contributed by atoms with E-state index in [1.54, 1.807) is 8.61 Å². The molecule has 2 aromatic carbocycles. The number of ketones is 1. The van der Waals surface area contributed by atoms with Crippen molar-refractivity contribution in [2.45, 2.75) is 70.3 Å². The van der Waals surface area contributed by atoms with E-state index in [1.807, 2.05) is 35.2 Å². The standard InChI is InChI=1S/C34H48N4O6S2/c1-45(41,42)36-19-12-25(13-20-36)11-18-35-17-4-3-8-30(35)32(39)24-27-9-10-31-33-28(27)6-5-7-29(33)34(40)38(31)23-16-26-14-21-37(22-15-26)46(2,43)44/h5-7,9-10,25-26,30H,3-4,8,11-24H2,1-2H3. The molecule has 1 atom stereocenters. The number of benzene rings is 2. The Balaban J connectivity index is 1.09. The molecule has 6 rings (SSSR count). The normalized spacial score (nSPS) is 23.0. The Kier molecular flexibility index (Phi) is 9.93. The molecule has 4 aliphatic rings. The minimum absolute atomic E-state index is 0.00141. The third-order valence-corrected chi connectivity index (χ3v) is 13.5. The van der Waals surface area contributed by atoms with Crippen LogP contribution in [0.1, 0.15) is 73.7 Å². The average Bonchev–Trinajstić information content (AvgIpc) is 3.31. The second-order valence-electron chi connectivity index (χ2n) is 13.9. The van der Waals surface area contributed by atoms with Crippen molar-refractivity contribution in [3.8, 4) is 0 Å². The zero-order chi connectivity index (χ0) is 32.6. The van der Waals surface area contributed by atoms with Crippen LogP contribution in [0, 0.1) is 11.8 Å². The number of anilines is 1. The van der Waals surface area contributed by atoms with Crippen LogP contribution in [-0.4, -0.2) is 106 Å². The molecule has 0 spiro atoms. The van der Waals surface area contributed by atoms with Crippen molar-refractivity contribution in [3.63, 3.8) is 0 Å². The zero-order valence-corrected chi connectivity index (χ0v) is 28.8. The first kappa shape index (κ1) is 33.5. The predicted molar refractivity (Wildman–Crippen MR) is 181 cm³/mol. The van der Waals surface area contributed by atoms with Gasteiger partial charge in [0.25, 0.3) is 5.91 Å². The van der Waals surface area contributed by atoms with Crippen LogP contribution in [0.4, 0.5) is 5.69 Å². The summed E-state index contributed by atoms with van der Waals surface area (Å²) in [5.74, 6) is 1.08. The van der Waals surface area contributed by atoms with Gasteiger partial charge < -0.3 is 4.90 Å². The molecule has 0 saturated carbocycles. The van der Waals surface area contributed by atoms with Gasteiger partial charge in [-0.2, -0.15) is 0 Å². The van der Waals surface area contributed by atoms with E-state index in [9.17, 15) is 26.4 Å². The second-order valence-corrected chi connectivity index (χ2v) is 17.9. The Morgan fingerprint density at radius 3 is 1.98 bits per heavy atom. The largest absolute Gasteiger partial charge is 0.308 e. The molecule has 10 nitrogen and oxygen atoms in total. The fourth-order valence-electron chi connectivity index (χ4n) is 8.13. The summed E-state index contributed by atoms with van der Waals surface area (Å²) in [5.41, 5.74) is 2.56. The molecule has 1 unspecified atom stereocenters. The van der Waals surface area contributed by atoms with Gasteiger partial charge in [0, 0.05) is 50.1 Å². The highest BCUT2D eigenvalue weighted by atomic mass is 32.2. The minimum Gasteiger partial charge on any atom is -0.308 e. The quantitative estimate of drug-likeness (QED) is 0.356. The predicted octanol–water partition coefficient (Wildman–Crippen LogP) is 3.89. The molecule has 3 saturated heterocycles. The number of hydrogen-bond acceptors (Lipinski definition) is 7. The van der Waals surface area contributed by atoms with Crippen molar-refractivity contribution in [1.29, 1.82) is 0 Å². The SMILES string of the molecule is CS(=O)(=O)N1CCC(CCN2C(=O)c3cccc4c(CC(=O)C5CCCCN5CCC5CCN(S(C)(=O)=O)CC5)ccc2c34)CC1. The molecule has 0 aromatic heterocycles. The maximum absolute atomic E-state index is 13.9. The lowest BCUT2D eigenvalue weighted by Gasteiger charge is -2.37. The number of nitrogens with zero attached hydrogens (tertiary/aromatic N) is 4. The number of likely N-dealkylation sites (tertiary alicyclic amines) is 1. The van der Waals surface area contributed by atoms with Gasteiger partial charge in [-0.1, -0.05) is 24.6 Å². The van der Waals surface area contributed by atoms with E-state index in [0.717, 1.165) is 92.9 Å². The van der Waals surface area contributed by atoms with Crippen LogP contribution in [0.2, 0.25) is 0 Å². The van der Waals surface area contributed by atoms with E-state index in [0.29, 0.717) is 56.5 Å². The molecule has 46 heavy (non-hydrogen) atoms. The highest BCUT2D eigenvalue weighted by molar-refractivity contribution is 7.88. The number of carbonyl (C=O) groups is 2. The Hall–Kier alpha value is -2.38. The summed E-state index contributed by atoms with van der Waals surface area (Å²) in [6.45, 7) is 4.61. The lowest BCUT2D eigenvalue weighted by molar-refractivity contribution is -0.124. The van der Waals surface area contributed by atoms with E-state index in [4.69, 9.17) is 0 Å².